The van der Waals surface area contributed by atoms with E-state index in [-0.39, 0.29) is 5.04 Å². The van der Waals surface area contributed by atoms with Gasteiger partial charge < -0.3 is 14.4 Å². The molecular weight excluding hydrogens is 284 g/mol. The summed E-state index contributed by atoms with van der Waals surface area (Å²) in [5.41, 5.74) is -0.422. The Bertz CT molecular complexity index is 416. The van der Waals surface area contributed by atoms with Gasteiger partial charge in [0.1, 0.15) is 0 Å². The zero-order valence-electron chi connectivity index (χ0n) is 13.9. The summed E-state index contributed by atoms with van der Waals surface area (Å²) in [6, 6.07) is 2.42. The van der Waals surface area contributed by atoms with Crippen LogP contribution in [0.1, 0.15) is 40.0 Å². The van der Waals surface area contributed by atoms with E-state index in [2.05, 4.69) is 39.9 Å². The summed E-state index contributed by atoms with van der Waals surface area (Å²) in [7, 11) is -1.78. The minimum atomic E-state index is -1.78. The minimum Gasteiger partial charge on any atom is -0.465 e. The SMILES string of the molecule is CC(C)(C)[Si](C)(C)OCCC1(C#N)CCN(C(=O)O)CC1. The molecule has 0 unspecified atom stereocenters. The number of nitriles is 1. The van der Waals surface area contributed by atoms with Gasteiger partial charge in [-0.2, -0.15) is 5.26 Å². The van der Waals surface area contributed by atoms with Crippen LogP contribution in [0.25, 0.3) is 0 Å². The molecule has 5 nitrogen and oxygen atoms in total. The van der Waals surface area contributed by atoms with Crippen LogP contribution in [0.2, 0.25) is 18.1 Å². The summed E-state index contributed by atoms with van der Waals surface area (Å²) in [6.45, 7) is 12.5. The van der Waals surface area contributed by atoms with Crippen molar-refractivity contribution in [2.24, 2.45) is 5.41 Å². The van der Waals surface area contributed by atoms with Crippen molar-refractivity contribution in [1.29, 1.82) is 5.26 Å². The van der Waals surface area contributed by atoms with Crippen LogP contribution in [-0.2, 0) is 4.43 Å². The maximum absolute atomic E-state index is 10.9. The average molecular weight is 312 g/mol. The van der Waals surface area contributed by atoms with Crippen LogP contribution in [0.4, 0.5) is 4.79 Å². The number of likely N-dealkylation sites (tertiary alicyclic amines) is 1. The van der Waals surface area contributed by atoms with Gasteiger partial charge in [-0.15, -0.1) is 0 Å². The Kier molecular flexibility index (Phi) is 5.45. The molecule has 1 aliphatic rings. The smallest absolute Gasteiger partial charge is 0.407 e. The van der Waals surface area contributed by atoms with Crippen LogP contribution in [0.3, 0.4) is 0 Å². The second kappa shape index (κ2) is 6.37. The summed E-state index contributed by atoms with van der Waals surface area (Å²) in [5.74, 6) is 0. The lowest BCUT2D eigenvalue weighted by Crippen LogP contribution is -2.44. The van der Waals surface area contributed by atoms with Crippen molar-refractivity contribution in [1.82, 2.24) is 4.90 Å². The fourth-order valence-electron chi connectivity index (χ4n) is 2.26. The molecule has 6 heteroatoms. The molecule has 0 radical (unpaired) electrons. The summed E-state index contributed by atoms with van der Waals surface area (Å²) < 4.78 is 6.16. The number of carboxylic acid groups (broad SMARTS) is 1. The minimum absolute atomic E-state index is 0.166. The van der Waals surface area contributed by atoms with Crippen molar-refractivity contribution in [3.05, 3.63) is 0 Å². The summed E-state index contributed by atoms with van der Waals surface area (Å²) in [6.07, 6.45) is 1.02. The van der Waals surface area contributed by atoms with Gasteiger partial charge in [-0.05, 0) is 37.4 Å². The fourth-order valence-corrected chi connectivity index (χ4v) is 3.31. The number of nitrogens with zero attached hydrogens (tertiary/aromatic N) is 2. The number of amides is 1. The lowest BCUT2D eigenvalue weighted by molar-refractivity contribution is 0.0993. The van der Waals surface area contributed by atoms with E-state index in [0.29, 0.717) is 39.0 Å². The first-order chi connectivity index (χ1) is 9.53. The van der Waals surface area contributed by atoms with Crippen LogP contribution < -0.4 is 0 Å². The normalized spacial score (nSPS) is 19.1. The number of rotatable bonds is 4. The molecule has 0 aromatic rings. The number of piperidine rings is 1. The Morgan fingerprint density at radius 2 is 1.90 bits per heavy atom. The molecule has 0 atom stereocenters. The topological polar surface area (TPSA) is 73.6 Å². The molecule has 1 saturated heterocycles. The Morgan fingerprint density at radius 1 is 1.38 bits per heavy atom. The van der Waals surface area contributed by atoms with Gasteiger partial charge in [-0.3, -0.25) is 0 Å². The van der Waals surface area contributed by atoms with E-state index in [1.54, 1.807) is 0 Å². The van der Waals surface area contributed by atoms with Crippen LogP contribution in [0.5, 0.6) is 0 Å². The summed E-state index contributed by atoms with van der Waals surface area (Å²) >= 11 is 0. The van der Waals surface area contributed by atoms with Gasteiger partial charge in [-0.1, -0.05) is 20.8 Å². The van der Waals surface area contributed by atoms with Gasteiger partial charge >= 0.3 is 6.09 Å². The molecule has 1 fully saturated rings. The lowest BCUT2D eigenvalue weighted by atomic mass is 9.77. The van der Waals surface area contributed by atoms with Gasteiger partial charge in [0.05, 0.1) is 11.5 Å². The highest BCUT2D eigenvalue weighted by Gasteiger charge is 2.39. The fraction of sp³-hybridized carbons (Fsp3) is 0.867. The van der Waals surface area contributed by atoms with Gasteiger partial charge in [0.15, 0.2) is 8.32 Å². The first-order valence-electron chi connectivity index (χ1n) is 7.56. The van der Waals surface area contributed by atoms with E-state index in [9.17, 15) is 10.1 Å². The molecule has 0 aliphatic carbocycles. The molecule has 0 aromatic heterocycles. The molecule has 1 amide bonds. The monoisotopic (exact) mass is 312 g/mol. The Labute approximate surface area is 129 Å². The maximum Gasteiger partial charge on any atom is 0.407 e. The van der Waals surface area contributed by atoms with Crippen molar-refractivity contribution in [3.8, 4) is 6.07 Å². The lowest BCUT2D eigenvalue weighted by Gasteiger charge is -2.39. The third-order valence-corrected chi connectivity index (χ3v) is 9.62. The number of carbonyl (C=O) groups is 1. The Hall–Kier alpha value is -1.06. The highest BCUT2D eigenvalue weighted by Crippen LogP contribution is 2.38. The van der Waals surface area contributed by atoms with Crippen molar-refractivity contribution >= 4 is 14.4 Å². The first-order valence-corrected chi connectivity index (χ1v) is 10.5. The van der Waals surface area contributed by atoms with E-state index in [1.807, 2.05) is 0 Å². The van der Waals surface area contributed by atoms with E-state index in [4.69, 9.17) is 9.53 Å². The Morgan fingerprint density at radius 3 is 2.29 bits per heavy atom. The zero-order valence-corrected chi connectivity index (χ0v) is 14.9. The molecule has 1 aliphatic heterocycles. The van der Waals surface area contributed by atoms with Gasteiger partial charge in [0.2, 0.25) is 0 Å². The number of hydrogen-bond acceptors (Lipinski definition) is 3. The van der Waals surface area contributed by atoms with Gasteiger partial charge in [0, 0.05) is 19.7 Å². The third-order valence-electron chi connectivity index (χ3n) is 5.08. The average Bonchev–Trinajstić information content (AvgIpc) is 2.37. The molecule has 1 heterocycles. The second-order valence-electron chi connectivity index (χ2n) is 7.52. The van der Waals surface area contributed by atoms with E-state index < -0.39 is 19.8 Å². The largest absolute Gasteiger partial charge is 0.465 e. The van der Waals surface area contributed by atoms with E-state index >= 15 is 0 Å². The van der Waals surface area contributed by atoms with E-state index in [0.717, 1.165) is 0 Å². The van der Waals surface area contributed by atoms with Crippen LogP contribution in [0, 0.1) is 16.7 Å². The van der Waals surface area contributed by atoms with Crippen LogP contribution >= 0.6 is 0 Å². The Balaban J connectivity index is 2.54. The highest BCUT2D eigenvalue weighted by atomic mass is 28.4. The quantitative estimate of drug-likeness (QED) is 0.804. The molecule has 0 saturated carbocycles. The van der Waals surface area contributed by atoms with Crippen molar-refractivity contribution < 1.29 is 14.3 Å². The molecule has 21 heavy (non-hydrogen) atoms. The standard InChI is InChI=1S/C15H28N2O3Si/c1-14(2,3)21(4,5)20-11-8-15(12-16)6-9-17(10-7-15)13(18)19/h6-11H2,1-5H3,(H,18,19). The van der Waals surface area contributed by atoms with Gasteiger partial charge in [0.25, 0.3) is 0 Å². The molecule has 0 spiro atoms. The molecule has 1 rings (SSSR count). The van der Waals surface area contributed by atoms with E-state index in [1.165, 1.54) is 4.90 Å². The first kappa shape index (κ1) is 18.0. The molecule has 1 N–H and O–H groups in total. The van der Waals surface area contributed by atoms with Crippen molar-refractivity contribution in [2.45, 2.75) is 58.2 Å². The maximum atomic E-state index is 10.9. The predicted molar refractivity (Wildman–Crippen MR) is 84.6 cm³/mol. The van der Waals surface area contributed by atoms with Crippen LogP contribution in [-0.4, -0.2) is 44.1 Å². The highest BCUT2D eigenvalue weighted by molar-refractivity contribution is 6.74. The third kappa shape index (κ3) is 4.45. The zero-order chi connectivity index (χ0) is 16.3. The molecule has 120 valence electrons. The van der Waals surface area contributed by atoms with Crippen molar-refractivity contribution in [3.63, 3.8) is 0 Å². The summed E-state index contributed by atoms with van der Waals surface area (Å²) in [4.78, 5) is 12.3. The van der Waals surface area contributed by atoms with Gasteiger partial charge in [-0.25, -0.2) is 4.79 Å². The number of hydrogen-bond donors (Lipinski definition) is 1. The second-order valence-corrected chi connectivity index (χ2v) is 12.3. The summed E-state index contributed by atoms with van der Waals surface area (Å²) in [5, 5.41) is 18.6. The molecular formula is C15H28N2O3Si. The molecule has 0 aromatic carbocycles. The molecule has 0 bridgehead atoms. The van der Waals surface area contributed by atoms with Crippen LogP contribution in [0.15, 0.2) is 0 Å². The predicted octanol–water partition coefficient (Wildman–Crippen LogP) is 3.68. The van der Waals surface area contributed by atoms with Crippen molar-refractivity contribution in [2.75, 3.05) is 19.7 Å².